The van der Waals surface area contributed by atoms with Gasteiger partial charge in [0.15, 0.2) is 0 Å². The Bertz CT molecular complexity index is 798. The number of amides is 2. The van der Waals surface area contributed by atoms with Crippen molar-refractivity contribution in [3.05, 3.63) is 54.1 Å². The fourth-order valence-corrected chi connectivity index (χ4v) is 4.04. The minimum Gasteiger partial charge on any atom is -0.338 e. The van der Waals surface area contributed by atoms with Crippen molar-refractivity contribution in [3.63, 3.8) is 0 Å². The van der Waals surface area contributed by atoms with Gasteiger partial charge < -0.3 is 9.80 Å². The molecular weight excluding hydrogens is 330 g/mol. The molecule has 2 aliphatic rings. The summed E-state index contributed by atoms with van der Waals surface area (Å²) in [5.74, 6) is 0.0872. The minimum absolute atomic E-state index is 0.0718. The maximum atomic E-state index is 13.1. The zero-order valence-electron chi connectivity index (χ0n) is 14.5. The fourth-order valence-electron chi connectivity index (χ4n) is 4.04. The van der Waals surface area contributed by atoms with Gasteiger partial charge in [0.25, 0.3) is 5.91 Å². The van der Waals surface area contributed by atoms with Gasteiger partial charge in [-0.25, -0.2) is 0 Å². The van der Waals surface area contributed by atoms with Crippen molar-refractivity contribution in [2.75, 3.05) is 19.6 Å². The molecule has 2 aromatic heterocycles. The van der Waals surface area contributed by atoms with E-state index >= 15 is 0 Å². The Morgan fingerprint density at radius 2 is 2.04 bits per heavy atom. The molecule has 2 saturated heterocycles. The first-order chi connectivity index (χ1) is 12.7. The third-order valence-electron chi connectivity index (χ3n) is 5.39. The Morgan fingerprint density at radius 1 is 1.12 bits per heavy atom. The Kier molecular flexibility index (Phi) is 4.36. The molecule has 4 heterocycles. The molecule has 26 heavy (non-hydrogen) atoms. The maximum absolute atomic E-state index is 13.1. The van der Waals surface area contributed by atoms with Crippen LogP contribution in [0.25, 0.3) is 0 Å². The van der Waals surface area contributed by atoms with Crippen LogP contribution in [0.4, 0.5) is 0 Å². The van der Waals surface area contributed by atoms with Gasteiger partial charge in [-0.2, -0.15) is 10.2 Å². The Hall–Kier alpha value is -2.83. The number of hydrogen-bond acceptors (Lipinski definition) is 5. The lowest BCUT2D eigenvalue weighted by Gasteiger charge is -2.39. The van der Waals surface area contributed by atoms with E-state index in [2.05, 4.69) is 15.2 Å². The van der Waals surface area contributed by atoms with Crippen molar-refractivity contribution in [2.45, 2.75) is 25.8 Å². The molecule has 4 rings (SSSR count). The molecule has 0 saturated carbocycles. The summed E-state index contributed by atoms with van der Waals surface area (Å²) in [6.07, 6.45) is 9.01. The first-order valence-electron chi connectivity index (χ1n) is 8.92. The number of aromatic nitrogens is 3. The summed E-state index contributed by atoms with van der Waals surface area (Å²) >= 11 is 0. The van der Waals surface area contributed by atoms with Gasteiger partial charge in [0, 0.05) is 38.6 Å². The molecule has 7 nitrogen and oxygen atoms in total. The van der Waals surface area contributed by atoms with E-state index in [1.165, 1.54) is 12.4 Å². The molecule has 1 atom stereocenters. The highest BCUT2D eigenvalue weighted by atomic mass is 16.2. The van der Waals surface area contributed by atoms with Gasteiger partial charge in [-0.3, -0.25) is 14.6 Å². The molecule has 0 radical (unpaired) electrons. The highest BCUT2D eigenvalue weighted by molar-refractivity contribution is 5.94. The van der Waals surface area contributed by atoms with Crippen LogP contribution in [0.3, 0.4) is 0 Å². The lowest BCUT2D eigenvalue weighted by atomic mass is 9.78. The molecule has 0 N–H and O–H groups in total. The summed E-state index contributed by atoms with van der Waals surface area (Å²) in [5, 5.41) is 7.50. The van der Waals surface area contributed by atoms with E-state index in [0.717, 1.165) is 31.4 Å². The first-order valence-corrected chi connectivity index (χ1v) is 8.92. The van der Waals surface area contributed by atoms with E-state index in [4.69, 9.17) is 0 Å². The van der Waals surface area contributed by atoms with Crippen molar-refractivity contribution in [1.29, 1.82) is 0 Å². The molecule has 134 valence electrons. The highest BCUT2D eigenvalue weighted by Gasteiger charge is 2.49. The van der Waals surface area contributed by atoms with Crippen molar-refractivity contribution < 1.29 is 9.59 Å². The van der Waals surface area contributed by atoms with Crippen molar-refractivity contribution >= 4 is 11.8 Å². The van der Waals surface area contributed by atoms with Crippen molar-refractivity contribution in [2.24, 2.45) is 5.41 Å². The molecule has 1 unspecified atom stereocenters. The molecule has 0 aromatic carbocycles. The summed E-state index contributed by atoms with van der Waals surface area (Å²) < 4.78 is 0. The van der Waals surface area contributed by atoms with Crippen molar-refractivity contribution in [3.8, 4) is 0 Å². The second-order valence-corrected chi connectivity index (χ2v) is 7.08. The van der Waals surface area contributed by atoms with Gasteiger partial charge in [-0.1, -0.05) is 6.07 Å². The minimum atomic E-state index is -0.448. The molecule has 2 aliphatic heterocycles. The Labute approximate surface area is 152 Å². The fraction of sp³-hybridized carbons (Fsp3) is 0.421. The molecule has 2 fully saturated rings. The van der Waals surface area contributed by atoms with Gasteiger partial charge in [-0.05, 0) is 37.0 Å². The number of carbonyl (C=O) groups is 2. The van der Waals surface area contributed by atoms with E-state index in [1.807, 2.05) is 17.0 Å². The average Bonchev–Trinajstić information content (AvgIpc) is 2.98. The molecule has 0 aliphatic carbocycles. The monoisotopic (exact) mass is 351 g/mol. The molecule has 1 spiro atoms. The van der Waals surface area contributed by atoms with E-state index in [9.17, 15) is 9.59 Å². The van der Waals surface area contributed by atoms with Gasteiger partial charge in [0.1, 0.15) is 0 Å². The third-order valence-corrected chi connectivity index (χ3v) is 5.39. The van der Waals surface area contributed by atoms with Crippen LogP contribution in [0.15, 0.2) is 43.0 Å². The van der Waals surface area contributed by atoms with Gasteiger partial charge in [0.05, 0.1) is 23.4 Å². The SMILES string of the molecule is O=C(c1ccnnc1)N1CCCC2(CCN(Cc3cccnc3)C2=O)C1. The van der Waals surface area contributed by atoms with Crippen LogP contribution in [0, 0.1) is 5.41 Å². The lowest BCUT2D eigenvalue weighted by molar-refractivity contribution is -0.138. The summed E-state index contributed by atoms with van der Waals surface area (Å²) in [6.45, 7) is 2.47. The van der Waals surface area contributed by atoms with Crippen LogP contribution in [0.1, 0.15) is 35.2 Å². The van der Waals surface area contributed by atoms with Crippen molar-refractivity contribution in [1.82, 2.24) is 25.0 Å². The van der Waals surface area contributed by atoms with Gasteiger partial charge in [0.2, 0.25) is 5.91 Å². The predicted molar refractivity (Wildman–Crippen MR) is 93.9 cm³/mol. The summed E-state index contributed by atoms with van der Waals surface area (Å²) in [4.78, 5) is 33.7. The van der Waals surface area contributed by atoms with Crippen LogP contribution < -0.4 is 0 Å². The average molecular weight is 351 g/mol. The molecule has 0 bridgehead atoms. The normalized spacial score (nSPS) is 22.8. The number of nitrogens with zero attached hydrogens (tertiary/aromatic N) is 5. The second kappa shape index (κ2) is 6.82. The Morgan fingerprint density at radius 3 is 2.81 bits per heavy atom. The quantitative estimate of drug-likeness (QED) is 0.838. The molecule has 2 aromatic rings. The van der Waals surface area contributed by atoms with Crippen LogP contribution in [-0.4, -0.2) is 56.4 Å². The van der Waals surface area contributed by atoms with Crippen LogP contribution in [0.5, 0.6) is 0 Å². The number of pyridine rings is 1. The predicted octanol–water partition coefficient (Wildman–Crippen LogP) is 1.53. The maximum Gasteiger partial charge on any atom is 0.255 e. The Balaban J connectivity index is 1.48. The summed E-state index contributed by atoms with van der Waals surface area (Å²) in [7, 11) is 0. The standard InChI is InChI=1S/C19H21N5O2/c25-17(16-4-8-21-22-12-16)24-9-2-5-19(14-24)6-10-23(18(19)26)13-15-3-1-7-20-11-15/h1,3-4,7-8,11-12H,2,5-6,9-10,13-14H2. The van der Waals surface area contributed by atoms with E-state index in [1.54, 1.807) is 23.4 Å². The molecule has 2 amide bonds. The van der Waals surface area contributed by atoms with Crippen LogP contribution >= 0.6 is 0 Å². The van der Waals surface area contributed by atoms with Gasteiger partial charge in [-0.15, -0.1) is 0 Å². The number of rotatable bonds is 3. The third kappa shape index (κ3) is 3.05. The topological polar surface area (TPSA) is 79.3 Å². The largest absolute Gasteiger partial charge is 0.338 e. The van der Waals surface area contributed by atoms with Gasteiger partial charge >= 0.3 is 0 Å². The number of carbonyl (C=O) groups excluding carboxylic acids is 2. The number of likely N-dealkylation sites (tertiary alicyclic amines) is 2. The zero-order chi connectivity index (χ0) is 18.0. The first kappa shape index (κ1) is 16.6. The van der Waals surface area contributed by atoms with E-state index in [-0.39, 0.29) is 11.8 Å². The molecule has 7 heteroatoms. The smallest absolute Gasteiger partial charge is 0.255 e. The van der Waals surface area contributed by atoms with Crippen LogP contribution in [0.2, 0.25) is 0 Å². The van der Waals surface area contributed by atoms with E-state index in [0.29, 0.717) is 25.2 Å². The number of piperidine rings is 1. The summed E-state index contributed by atoms with van der Waals surface area (Å²) in [5.41, 5.74) is 1.11. The highest BCUT2D eigenvalue weighted by Crippen LogP contribution is 2.40. The number of hydrogen-bond donors (Lipinski definition) is 0. The second-order valence-electron chi connectivity index (χ2n) is 7.08. The van der Waals surface area contributed by atoms with Crippen LogP contribution in [-0.2, 0) is 11.3 Å². The molecular formula is C19H21N5O2. The van der Waals surface area contributed by atoms with E-state index < -0.39 is 5.41 Å². The lowest BCUT2D eigenvalue weighted by Crippen LogP contribution is -2.49. The zero-order valence-corrected chi connectivity index (χ0v) is 14.5. The summed E-state index contributed by atoms with van der Waals surface area (Å²) in [6, 6.07) is 5.54.